The van der Waals surface area contributed by atoms with Gasteiger partial charge in [0.1, 0.15) is 11.3 Å². The number of hydrogen-bond donors (Lipinski definition) is 2. The number of likely N-dealkylation sites (tertiary alicyclic amines) is 1. The van der Waals surface area contributed by atoms with Gasteiger partial charge in [-0.2, -0.15) is 0 Å². The molecule has 1 unspecified atom stereocenters. The molecule has 0 bridgehead atoms. The second kappa shape index (κ2) is 6.27. The molecule has 2 heterocycles. The molecule has 0 saturated carbocycles. The lowest BCUT2D eigenvalue weighted by Gasteiger charge is -2.28. The molecule has 0 aliphatic carbocycles. The maximum absolute atomic E-state index is 12.2. The summed E-state index contributed by atoms with van der Waals surface area (Å²) in [6.07, 6.45) is 4.15. The molecule has 0 aromatic carbocycles. The van der Waals surface area contributed by atoms with Crippen LogP contribution in [0.4, 0.5) is 4.79 Å². The summed E-state index contributed by atoms with van der Waals surface area (Å²) in [4.78, 5) is 33.5. The number of nitrogens with zero attached hydrogens (tertiary/aromatic N) is 3. The molecule has 1 aromatic rings. The predicted molar refractivity (Wildman–Crippen MR) is 78.6 cm³/mol. The van der Waals surface area contributed by atoms with Crippen molar-refractivity contribution >= 4 is 12.0 Å². The van der Waals surface area contributed by atoms with Gasteiger partial charge in [0.15, 0.2) is 0 Å². The fourth-order valence-corrected chi connectivity index (χ4v) is 2.31. The number of rotatable bonds is 2. The van der Waals surface area contributed by atoms with Crippen LogP contribution in [-0.2, 0) is 4.74 Å². The number of ether oxygens (including phenoxy) is 1. The number of nitrogens with two attached hydrogens (primary N) is 1. The molecule has 1 aromatic heterocycles. The first kappa shape index (κ1) is 16.2. The summed E-state index contributed by atoms with van der Waals surface area (Å²) in [5.74, 6) is 4.54. The van der Waals surface area contributed by atoms with Gasteiger partial charge in [0.25, 0.3) is 5.91 Å². The summed E-state index contributed by atoms with van der Waals surface area (Å²) in [7, 11) is 0. The van der Waals surface area contributed by atoms with Gasteiger partial charge in [-0.05, 0) is 33.6 Å². The van der Waals surface area contributed by atoms with Gasteiger partial charge in [-0.3, -0.25) is 20.1 Å². The zero-order valence-corrected chi connectivity index (χ0v) is 13.0. The van der Waals surface area contributed by atoms with Gasteiger partial charge in [0.2, 0.25) is 0 Å². The predicted octanol–water partition coefficient (Wildman–Crippen LogP) is 1.15. The van der Waals surface area contributed by atoms with Crippen molar-refractivity contribution < 1.29 is 14.3 Å². The molecule has 22 heavy (non-hydrogen) atoms. The topological polar surface area (TPSA) is 110 Å². The zero-order valence-electron chi connectivity index (χ0n) is 13.0. The lowest BCUT2D eigenvalue weighted by atomic mass is 10.1. The minimum absolute atomic E-state index is 0.132. The Bertz CT molecular complexity index is 553. The molecule has 0 spiro atoms. The smallest absolute Gasteiger partial charge is 0.410 e. The molecule has 1 aliphatic rings. The van der Waals surface area contributed by atoms with Crippen LogP contribution in [0, 0.1) is 0 Å². The first-order chi connectivity index (χ1) is 10.3. The standard InChI is InChI=1S/C14H21N5O3/c1-14(2,3)22-13(21)19-6-4-5-11(19)9-7-17-10(8-16-9)12(20)18-15/h7-8,11H,4-6,15H2,1-3H3,(H,18,20). The summed E-state index contributed by atoms with van der Waals surface area (Å²) in [5, 5.41) is 0. The van der Waals surface area contributed by atoms with E-state index < -0.39 is 11.5 Å². The molecule has 1 atom stereocenters. The Morgan fingerprint density at radius 1 is 1.36 bits per heavy atom. The number of hydrogen-bond acceptors (Lipinski definition) is 6. The highest BCUT2D eigenvalue weighted by Crippen LogP contribution is 2.31. The third kappa shape index (κ3) is 3.70. The van der Waals surface area contributed by atoms with E-state index in [-0.39, 0.29) is 17.8 Å². The van der Waals surface area contributed by atoms with Gasteiger partial charge in [-0.15, -0.1) is 0 Å². The van der Waals surface area contributed by atoms with Crippen molar-refractivity contribution in [3.05, 3.63) is 23.8 Å². The maximum atomic E-state index is 12.2. The van der Waals surface area contributed by atoms with Crippen LogP contribution in [0.15, 0.2) is 12.4 Å². The fraction of sp³-hybridized carbons (Fsp3) is 0.571. The Kier molecular flexibility index (Phi) is 4.60. The Hall–Kier alpha value is -2.22. The Labute approximate surface area is 129 Å². The van der Waals surface area contributed by atoms with Crippen molar-refractivity contribution in [2.75, 3.05) is 6.54 Å². The van der Waals surface area contributed by atoms with Crippen LogP contribution in [0.2, 0.25) is 0 Å². The molecule has 8 heteroatoms. The van der Waals surface area contributed by atoms with Crippen molar-refractivity contribution in [3.8, 4) is 0 Å². The highest BCUT2D eigenvalue weighted by Gasteiger charge is 2.34. The maximum Gasteiger partial charge on any atom is 0.410 e. The summed E-state index contributed by atoms with van der Waals surface area (Å²) < 4.78 is 5.41. The first-order valence-corrected chi connectivity index (χ1v) is 7.14. The van der Waals surface area contributed by atoms with Crippen LogP contribution in [0.5, 0.6) is 0 Å². The van der Waals surface area contributed by atoms with Crippen LogP contribution in [0.1, 0.15) is 55.8 Å². The number of amides is 2. The number of carbonyl (C=O) groups excluding carboxylic acids is 2. The molecular weight excluding hydrogens is 286 g/mol. The van der Waals surface area contributed by atoms with Crippen LogP contribution >= 0.6 is 0 Å². The van der Waals surface area contributed by atoms with Crippen LogP contribution in [-0.4, -0.2) is 39.0 Å². The Morgan fingerprint density at radius 3 is 2.64 bits per heavy atom. The van der Waals surface area contributed by atoms with Gasteiger partial charge in [-0.25, -0.2) is 15.6 Å². The third-order valence-corrected chi connectivity index (χ3v) is 3.26. The monoisotopic (exact) mass is 307 g/mol. The molecule has 120 valence electrons. The zero-order chi connectivity index (χ0) is 16.3. The molecule has 2 rings (SSSR count). The number of carbonyl (C=O) groups is 2. The number of aromatic nitrogens is 2. The molecule has 3 N–H and O–H groups in total. The minimum Gasteiger partial charge on any atom is -0.444 e. The summed E-state index contributed by atoms with van der Waals surface area (Å²) in [5.41, 5.74) is 2.22. The van der Waals surface area contributed by atoms with E-state index in [1.165, 1.54) is 12.4 Å². The van der Waals surface area contributed by atoms with Crippen LogP contribution in [0.3, 0.4) is 0 Å². The summed E-state index contributed by atoms with van der Waals surface area (Å²) >= 11 is 0. The van der Waals surface area contributed by atoms with E-state index in [0.29, 0.717) is 12.2 Å². The van der Waals surface area contributed by atoms with Gasteiger partial charge in [-0.1, -0.05) is 0 Å². The van der Waals surface area contributed by atoms with E-state index in [1.807, 2.05) is 26.2 Å². The second-order valence-corrected chi connectivity index (χ2v) is 6.13. The summed E-state index contributed by atoms with van der Waals surface area (Å²) in [6.45, 7) is 6.11. The Balaban J connectivity index is 2.13. The third-order valence-electron chi connectivity index (χ3n) is 3.26. The van der Waals surface area contributed by atoms with E-state index in [2.05, 4.69) is 9.97 Å². The van der Waals surface area contributed by atoms with Crippen molar-refractivity contribution in [3.63, 3.8) is 0 Å². The fourth-order valence-electron chi connectivity index (χ4n) is 2.31. The van der Waals surface area contributed by atoms with Gasteiger partial charge in [0, 0.05) is 6.54 Å². The summed E-state index contributed by atoms with van der Waals surface area (Å²) in [6, 6.07) is -0.183. The molecule has 0 radical (unpaired) electrons. The SMILES string of the molecule is CC(C)(C)OC(=O)N1CCCC1c1cnc(C(=O)NN)cn1. The number of hydrazine groups is 1. The van der Waals surface area contributed by atoms with Crippen molar-refractivity contribution in [2.45, 2.75) is 45.3 Å². The quantitative estimate of drug-likeness (QED) is 0.482. The lowest BCUT2D eigenvalue weighted by Crippen LogP contribution is -2.36. The molecule has 2 amide bonds. The van der Waals surface area contributed by atoms with Crippen LogP contribution in [0.25, 0.3) is 0 Å². The normalized spacial score (nSPS) is 18.2. The first-order valence-electron chi connectivity index (χ1n) is 7.14. The molecule has 8 nitrogen and oxygen atoms in total. The van der Waals surface area contributed by atoms with Gasteiger partial charge >= 0.3 is 6.09 Å². The van der Waals surface area contributed by atoms with E-state index in [9.17, 15) is 9.59 Å². The van der Waals surface area contributed by atoms with Crippen molar-refractivity contribution in [1.82, 2.24) is 20.3 Å². The number of nitrogens with one attached hydrogen (secondary N) is 1. The largest absolute Gasteiger partial charge is 0.444 e. The lowest BCUT2D eigenvalue weighted by molar-refractivity contribution is 0.0221. The average Bonchev–Trinajstić information content (AvgIpc) is 2.94. The highest BCUT2D eigenvalue weighted by molar-refractivity contribution is 5.91. The molecule has 1 saturated heterocycles. The minimum atomic E-state index is -0.543. The molecular formula is C14H21N5O3. The molecule has 1 aliphatic heterocycles. The number of nitrogen functional groups attached to an aromatic ring is 1. The van der Waals surface area contributed by atoms with Crippen molar-refractivity contribution in [1.29, 1.82) is 0 Å². The van der Waals surface area contributed by atoms with E-state index in [4.69, 9.17) is 10.6 Å². The molecule has 1 fully saturated rings. The van der Waals surface area contributed by atoms with Crippen molar-refractivity contribution in [2.24, 2.45) is 5.84 Å². The Morgan fingerprint density at radius 2 is 2.09 bits per heavy atom. The van der Waals surface area contributed by atoms with Gasteiger partial charge < -0.3 is 4.74 Å². The average molecular weight is 307 g/mol. The van der Waals surface area contributed by atoms with E-state index in [1.54, 1.807) is 4.90 Å². The second-order valence-electron chi connectivity index (χ2n) is 6.13. The van der Waals surface area contributed by atoms with E-state index in [0.717, 1.165) is 12.8 Å². The van der Waals surface area contributed by atoms with E-state index >= 15 is 0 Å². The van der Waals surface area contributed by atoms with Gasteiger partial charge in [0.05, 0.1) is 24.1 Å². The van der Waals surface area contributed by atoms with Crippen LogP contribution < -0.4 is 11.3 Å². The highest BCUT2D eigenvalue weighted by atomic mass is 16.6.